The number of amides is 2. The summed E-state index contributed by atoms with van der Waals surface area (Å²) in [5, 5.41) is 1.83. The Morgan fingerprint density at radius 1 is 1.03 bits per heavy atom. The third-order valence-corrected chi connectivity index (χ3v) is 8.42. The van der Waals surface area contributed by atoms with E-state index >= 15 is 0 Å². The Balaban J connectivity index is 2.11. The molecule has 0 aromatic heterocycles. The van der Waals surface area contributed by atoms with Crippen molar-refractivity contribution in [3.63, 3.8) is 0 Å². The molecule has 0 saturated carbocycles. The highest BCUT2D eigenvalue weighted by atomic mass is 79.9. The summed E-state index contributed by atoms with van der Waals surface area (Å²) in [5.41, 5.74) is -1.04. The third kappa shape index (κ3) is 7.31. The van der Waals surface area contributed by atoms with Gasteiger partial charge in [0, 0.05) is 18.1 Å². The van der Waals surface area contributed by atoms with Crippen LogP contribution in [0.15, 0.2) is 82.2 Å². The number of likely N-dealkylation sites (N-methyl/N-ethyl adjacent to an activating group) is 1. The molecule has 3 rings (SSSR count). The molecule has 0 radical (unpaired) electrons. The Morgan fingerprint density at radius 3 is 2.28 bits per heavy atom. The van der Waals surface area contributed by atoms with Gasteiger partial charge in [0.05, 0.1) is 21.2 Å². The van der Waals surface area contributed by atoms with Gasteiger partial charge in [0.2, 0.25) is 11.8 Å². The maximum absolute atomic E-state index is 13.7. The van der Waals surface area contributed by atoms with Gasteiger partial charge in [-0.05, 0) is 55.0 Å². The van der Waals surface area contributed by atoms with Crippen molar-refractivity contribution in [2.45, 2.75) is 30.6 Å². The molecule has 39 heavy (non-hydrogen) atoms. The minimum Gasteiger partial charge on any atom is -0.357 e. The summed E-state index contributed by atoms with van der Waals surface area (Å²) < 4.78 is 69.5. The average Bonchev–Trinajstić information content (AvgIpc) is 2.89. The summed E-state index contributed by atoms with van der Waals surface area (Å²) in [7, 11) is -3.13. The fraction of sp³-hybridized carbons (Fsp3) is 0.231. The number of rotatable bonds is 9. The molecule has 1 N–H and O–H groups in total. The van der Waals surface area contributed by atoms with Crippen LogP contribution in [-0.2, 0) is 32.3 Å². The highest BCUT2D eigenvalue weighted by Crippen LogP contribution is 2.38. The van der Waals surface area contributed by atoms with Crippen LogP contribution in [0.4, 0.5) is 18.9 Å². The van der Waals surface area contributed by atoms with Gasteiger partial charge < -0.3 is 10.2 Å². The summed E-state index contributed by atoms with van der Waals surface area (Å²) in [6.45, 7) is 0.515. The van der Waals surface area contributed by atoms with Crippen LogP contribution in [0.2, 0.25) is 5.02 Å². The van der Waals surface area contributed by atoms with E-state index in [0.717, 1.165) is 17.0 Å². The van der Waals surface area contributed by atoms with Crippen LogP contribution >= 0.6 is 27.5 Å². The van der Waals surface area contributed by atoms with Crippen molar-refractivity contribution in [1.29, 1.82) is 0 Å². The molecule has 0 aliphatic carbocycles. The van der Waals surface area contributed by atoms with Crippen LogP contribution in [0.25, 0.3) is 0 Å². The molecule has 2 amide bonds. The van der Waals surface area contributed by atoms with Crippen molar-refractivity contribution in [3.8, 4) is 0 Å². The van der Waals surface area contributed by atoms with E-state index in [1.165, 1.54) is 38.2 Å². The van der Waals surface area contributed by atoms with Crippen molar-refractivity contribution in [1.82, 2.24) is 10.2 Å². The molecule has 7 nitrogen and oxygen atoms in total. The number of carbonyl (C=O) groups excluding carboxylic acids is 2. The lowest BCUT2D eigenvalue weighted by molar-refractivity contribution is -0.139. The Bertz CT molecular complexity index is 1460. The number of sulfonamides is 1. The monoisotopic (exact) mass is 645 g/mol. The predicted octanol–water partition coefficient (Wildman–Crippen LogP) is 5.48. The zero-order chi connectivity index (χ0) is 29.0. The molecule has 0 heterocycles. The van der Waals surface area contributed by atoms with Gasteiger partial charge in [0.1, 0.15) is 12.6 Å². The fourth-order valence-electron chi connectivity index (χ4n) is 3.76. The molecule has 0 unspecified atom stereocenters. The zero-order valence-electron chi connectivity index (χ0n) is 20.7. The first-order valence-corrected chi connectivity index (χ1v) is 14.1. The maximum Gasteiger partial charge on any atom is 0.417 e. The third-order valence-electron chi connectivity index (χ3n) is 5.81. The molecule has 13 heteroatoms. The van der Waals surface area contributed by atoms with Gasteiger partial charge in [-0.1, -0.05) is 57.9 Å². The number of nitrogens with one attached hydrogen (secondary N) is 1. The first-order valence-electron chi connectivity index (χ1n) is 11.5. The normalized spacial score (nSPS) is 12.5. The first-order chi connectivity index (χ1) is 18.3. The number of hydrogen-bond donors (Lipinski definition) is 1. The molecule has 0 spiro atoms. The Hall–Kier alpha value is -3.09. The summed E-state index contributed by atoms with van der Waals surface area (Å²) in [6, 6.07) is 15.5. The number of hydrogen-bond acceptors (Lipinski definition) is 4. The summed E-state index contributed by atoms with van der Waals surface area (Å²) in [4.78, 5) is 27.1. The van der Waals surface area contributed by atoms with Gasteiger partial charge in [-0.2, -0.15) is 13.2 Å². The SMILES string of the molecule is CNC(=O)[C@@H](C)N(Cc1cccc(Br)c1)C(=O)CN(c1ccc(Cl)c(C(F)(F)F)c1)S(=O)(=O)c1ccccc1. The smallest absolute Gasteiger partial charge is 0.357 e. The van der Waals surface area contributed by atoms with E-state index in [1.807, 2.05) is 0 Å². The zero-order valence-corrected chi connectivity index (χ0v) is 23.9. The quantitative estimate of drug-likeness (QED) is 0.334. The second-order valence-electron chi connectivity index (χ2n) is 8.43. The van der Waals surface area contributed by atoms with Gasteiger partial charge in [-0.25, -0.2) is 8.42 Å². The maximum atomic E-state index is 13.7. The summed E-state index contributed by atoms with van der Waals surface area (Å²) >= 11 is 9.10. The molecule has 0 aliphatic heterocycles. The fourth-order valence-corrected chi connectivity index (χ4v) is 5.86. The van der Waals surface area contributed by atoms with Crippen molar-refractivity contribution in [2.24, 2.45) is 0 Å². The average molecular weight is 647 g/mol. The number of anilines is 1. The van der Waals surface area contributed by atoms with Crippen LogP contribution in [0, 0.1) is 0 Å². The van der Waals surface area contributed by atoms with Crippen LogP contribution in [0.5, 0.6) is 0 Å². The number of alkyl halides is 3. The van der Waals surface area contributed by atoms with E-state index in [2.05, 4.69) is 21.2 Å². The minimum atomic E-state index is -4.88. The van der Waals surface area contributed by atoms with Crippen LogP contribution in [0.1, 0.15) is 18.1 Å². The van der Waals surface area contributed by atoms with Crippen molar-refractivity contribution in [3.05, 3.63) is 93.4 Å². The number of carbonyl (C=O) groups is 2. The summed E-state index contributed by atoms with van der Waals surface area (Å²) in [5.74, 6) is -1.32. The lowest BCUT2D eigenvalue weighted by Gasteiger charge is -2.32. The van der Waals surface area contributed by atoms with E-state index < -0.39 is 56.9 Å². The highest BCUT2D eigenvalue weighted by Gasteiger charge is 2.36. The number of nitrogens with zero attached hydrogens (tertiary/aromatic N) is 2. The van der Waals surface area contributed by atoms with E-state index in [4.69, 9.17) is 11.6 Å². The van der Waals surface area contributed by atoms with Crippen LogP contribution in [0.3, 0.4) is 0 Å². The predicted molar refractivity (Wildman–Crippen MR) is 146 cm³/mol. The molecule has 3 aromatic rings. The van der Waals surface area contributed by atoms with Gasteiger partial charge in [0.15, 0.2) is 0 Å². The van der Waals surface area contributed by atoms with E-state index in [1.54, 1.807) is 30.3 Å². The van der Waals surface area contributed by atoms with Crippen molar-refractivity contribution in [2.75, 3.05) is 17.9 Å². The molecular formula is C26H24BrClF3N3O4S. The van der Waals surface area contributed by atoms with Gasteiger partial charge in [0.25, 0.3) is 10.0 Å². The number of benzene rings is 3. The van der Waals surface area contributed by atoms with E-state index in [0.29, 0.717) is 20.4 Å². The van der Waals surface area contributed by atoms with Crippen molar-refractivity contribution < 1.29 is 31.2 Å². The lowest BCUT2D eigenvalue weighted by atomic mass is 10.1. The van der Waals surface area contributed by atoms with E-state index in [-0.39, 0.29) is 11.4 Å². The van der Waals surface area contributed by atoms with Crippen LogP contribution in [-0.4, -0.2) is 44.8 Å². The van der Waals surface area contributed by atoms with Crippen LogP contribution < -0.4 is 9.62 Å². The largest absolute Gasteiger partial charge is 0.417 e. The Kier molecular flexibility index (Phi) is 9.68. The van der Waals surface area contributed by atoms with Gasteiger partial charge in [-0.3, -0.25) is 13.9 Å². The Morgan fingerprint density at radius 2 is 1.69 bits per heavy atom. The molecular weight excluding hydrogens is 623 g/mol. The second-order valence-corrected chi connectivity index (χ2v) is 11.6. The highest BCUT2D eigenvalue weighted by molar-refractivity contribution is 9.10. The lowest BCUT2D eigenvalue weighted by Crippen LogP contribution is -2.50. The molecule has 0 aliphatic rings. The number of halogens is 5. The molecule has 0 saturated heterocycles. The molecule has 1 atom stereocenters. The Labute approximate surface area is 237 Å². The van der Waals surface area contributed by atoms with Gasteiger partial charge >= 0.3 is 6.18 Å². The molecule has 0 bridgehead atoms. The van der Waals surface area contributed by atoms with Crippen molar-refractivity contribution >= 4 is 55.1 Å². The van der Waals surface area contributed by atoms with E-state index in [9.17, 15) is 31.2 Å². The molecule has 0 fully saturated rings. The molecule has 208 valence electrons. The first kappa shape index (κ1) is 30.5. The standard InChI is InChI=1S/C26H24BrClF3N3O4S/c1-17(25(36)32-2)33(15-18-7-6-8-19(27)13-18)24(35)16-34(39(37,38)21-9-4-3-5-10-21)20-11-12-23(28)22(14-20)26(29,30)31/h3-14,17H,15-16H2,1-2H3,(H,32,36)/t17-/m1/s1. The second kappa shape index (κ2) is 12.4. The topological polar surface area (TPSA) is 86.8 Å². The van der Waals surface area contributed by atoms with Gasteiger partial charge in [-0.15, -0.1) is 0 Å². The minimum absolute atomic E-state index is 0.0689. The summed E-state index contributed by atoms with van der Waals surface area (Å²) in [6.07, 6.45) is -4.88. The molecule has 3 aromatic carbocycles.